The first kappa shape index (κ1) is 6.85. The normalized spacial score (nSPS) is 7.12. The molecule has 0 aromatic carbocycles. The van der Waals surface area contributed by atoms with Gasteiger partial charge in [0.05, 0.1) is 6.61 Å². The van der Waals surface area contributed by atoms with E-state index in [2.05, 4.69) is 21.3 Å². The first-order chi connectivity index (χ1) is 3.81. The molecule has 44 valence electrons. The molecule has 4 heteroatoms. The predicted octanol–water partition coefficient (Wildman–Crippen LogP) is 1.80. The lowest BCUT2D eigenvalue weighted by atomic mass is 10.8. The first-order valence-corrected chi connectivity index (χ1v) is 2.18. The van der Waals surface area contributed by atoms with Crippen LogP contribution in [0.5, 0.6) is 0 Å². The third kappa shape index (κ3) is 3.06. The molecular weight excluding hydrogens is 106 g/mol. The van der Waals surface area contributed by atoms with Gasteiger partial charge in [-0.25, -0.2) is 0 Å². The standard InChI is InChI=1S/C4H7N3O/c1-3-8-4(2)6-7-5/h2-3H2,1H3. The van der Waals surface area contributed by atoms with E-state index in [-0.39, 0.29) is 5.88 Å². The average molecular weight is 113 g/mol. The Hall–Kier alpha value is -1.15. The molecule has 0 aliphatic rings. The third-order valence-corrected chi connectivity index (χ3v) is 0.467. The first-order valence-electron chi connectivity index (χ1n) is 2.18. The summed E-state index contributed by atoms with van der Waals surface area (Å²) < 4.78 is 4.67. The minimum Gasteiger partial charge on any atom is -0.492 e. The fraction of sp³-hybridized carbons (Fsp3) is 0.500. The Morgan fingerprint density at radius 2 is 2.62 bits per heavy atom. The van der Waals surface area contributed by atoms with Gasteiger partial charge in [-0.1, -0.05) is 6.58 Å². The molecule has 0 saturated carbocycles. The highest BCUT2D eigenvalue weighted by Crippen LogP contribution is 1.92. The number of hydrogen-bond donors (Lipinski definition) is 0. The average Bonchev–Trinajstić information content (AvgIpc) is 1.68. The van der Waals surface area contributed by atoms with Crippen LogP contribution in [0.15, 0.2) is 17.6 Å². The summed E-state index contributed by atoms with van der Waals surface area (Å²) in [7, 11) is 0. The number of azide groups is 1. The molecule has 0 rings (SSSR count). The van der Waals surface area contributed by atoms with Crippen LogP contribution in [0.4, 0.5) is 0 Å². The highest BCUT2D eigenvalue weighted by atomic mass is 16.5. The lowest BCUT2D eigenvalue weighted by molar-refractivity contribution is 0.228. The Balaban J connectivity index is 3.49. The van der Waals surface area contributed by atoms with Crippen LogP contribution in [-0.2, 0) is 4.74 Å². The molecule has 0 aliphatic carbocycles. The highest BCUT2D eigenvalue weighted by molar-refractivity contribution is 4.77. The van der Waals surface area contributed by atoms with Crippen molar-refractivity contribution in [3.05, 3.63) is 22.9 Å². The maximum Gasteiger partial charge on any atom is 0.175 e. The van der Waals surface area contributed by atoms with Crippen molar-refractivity contribution in [3.8, 4) is 0 Å². The fourth-order valence-corrected chi connectivity index (χ4v) is 0.245. The summed E-state index contributed by atoms with van der Waals surface area (Å²) in [5, 5.41) is 3.08. The molecule has 0 unspecified atom stereocenters. The van der Waals surface area contributed by atoms with Crippen LogP contribution in [0.2, 0.25) is 0 Å². The summed E-state index contributed by atoms with van der Waals surface area (Å²) in [6, 6.07) is 0. The van der Waals surface area contributed by atoms with Gasteiger partial charge >= 0.3 is 0 Å². The Morgan fingerprint density at radius 1 is 2.00 bits per heavy atom. The molecule has 0 aliphatic heterocycles. The van der Waals surface area contributed by atoms with Crippen molar-refractivity contribution < 1.29 is 4.74 Å². The smallest absolute Gasteiger partial charge is 0.175 e. The number of nitrogens with zero attached hydrogens (tertiary/aromatic N) is 3. The Labute approximate surface area is 47.4 Å². The van der Waals surface area contributed by atoms with Gasteiger partial charge in [0.15, 0.2) is 5.88 Å². The minimum atomic E-state index is 0.120. The largest absolute Gasteiger partial charge is 0.492 e. The summed E-state index contributed by atoms with van der Waals surface area (Å²) >= 11 is 0. The van der Waals surface area contributed by atoms with Gasteiger partial charge < -0.3 is 4.74 Å². The van der Waals surface area contributed by atoms with Gasteiger partial charge in [0.1, 0.15) is 0 Å². The topological polar surface area (TPSA) is 58.0 Å². The van der Waals surface area contributed by atoms with Crippen molar-refractivity contribution in [1.29, 1.82) is 0 Å². The van der Waals surface area contributed by atoms with E-state index in [4.69, 9.17) is 5.53 Å². The van der Waals surface area contributed by atoms with Gasteiger partial charge in [-0.2, -0.15) is 0 Å². The molecule has 0 amide bonds. The van der Waals surface area contributed by atoms with Crippen LogP contribution in [0.1, 0.15) is 6.92 Å². The summed E-state index contributed by atoms with van der Waals surface area (Å²) in [5.74, 6) is 0.120. The maximum atomic E-state index is 7.78. The number of rotatable bonds is 3. The Kier molecular flexibility index (Phi) is 3.44. The third-order valence-electron chi connectivity index (χ3n) is 0.467. The molecule has 0 spiro atoms. The Bertz CT molecular complexity index is 125. The van der Waals surface area contributed by atoms with Gasteiger partial charge in [-0.15, -0.1) is 0 Å². The molecule has 0 bridgehead atoms. The predicted molar refractivity (Wildman–Crippen MR) is 29.9 cm³/mol. The molecule has 0 aromatic rings. The quantitative estimate of drug-likeness (QED) is 0.238. The number of hydrogen-bond acceptors (Lipinski definition) is 2. The van der Waals surface area contributed by atoms with Crippen molar-refractivity contribution in [2.45, 2.75) is 6.92 Å². The molecule has 0 aromatic heterocycles. The highest BCUT2D eigenvalue weighted by Gasteiger charge is 1.81. The SMILES string of the molecule is C=C(N=[N+]=[N-])OCC. The molecule has 8 heavy (non-hydrogen) atoms. The van der Waals surface area contributed by atoms with Crippen LogP contribution in [0.25, 0.3) is 10.4 Å². The van der Waals surface area contributed by atoms with E-state index in [0.29, 0.717) is 6.61 Å². The van der Waals surface area contributed by atoms with E-state index >= 15 is 0 Å². The van der Waals surface area contributed by atoms with Crippen LogP contribution in [0, 0.1) is 0 Å². The van der Waals surface area contributed by atoms with Gasteiger partial charge in [0, 0.05) is 4.91 Å². The molecule has 0 saturated heterocycles. The lowest BCUT2D eigenvalue weighted by Crippen LogP contribution is -1.83. The molecule has 0 atom stereocenters. The second-order valence-electron chi connectivity index (χ2n) is 1.02. The second kappa shape index (κ2) is 4.02. The van der Waals surface area contributed by atoms with Crippen molar-refractivity contribution in [2.75, 3.05) is 6.61 Å². The summed E-state index contributed by atoms with van der Waals surface area (Å²) in [5.41, 5.74) is 7.78. The summed E-state index contributed by atoms with van der Waals surface area (Å²) in [6.07, 6.45) is 0. The van der Waals surface area contributed by atoms with Gasteiger partial charge in [0.2, 0.25) is 0 Å². The molecule has 0 heterocycles. The van der Waals surface area contributed by atoms with E-state index in [1.165, 1.54) is 0 Å². The zero-order chi connectivity index (χ0) is 6.41. The zero-order valence-electron chi connectivity index (χ0n) is 4.66. The van der Waals surface area contributed by atoms with Gasteiger partial charge in [-0.3, -0.25) is 0 Å². The van der Waals surface area contributed by atoms with Gasteiger partial charge in [-0.05, 0) is 17.6 Å². The van der Waals surface area contributed by atoms with Crippen molar-refractivity contribution >= 4 is 0 Å². The van der Waals surface area contributed by atoms with Crippen LogP contribution < -0.4 is 0 Å². The molecule has 4 nitrogen and oxygen atoms in total. The summed E-state index contributed by atoms with van der Waals surface area (Å²) in [6.45, 7) is 5.57. The second-order valence-corrected chi connectivity index (χ2v) is 1.02. The van der Waals surface area contributed by atoms with E-state index < -0.39 is 0 Å². The lowest BCUT2D eigenvalue weighted by Gasteiger charge is -1.95. The van der Waals surface area contributed by atoms with Crippen LogP contribution in [0.3, 0.4) is 0 Å². The molecule has 0 N–H and O–H groups in total. The maximum absolute atomic E-state index is 7.78. The van der Waals surface area contributed by atoms with E-state index in [1.54, 1.807) is 6.92 Å². The van der Waals surface area contributed by atoms with E-state index in [0.717, 1.165) is 0 Å². The van der Waals surface area contributed by atoms with Crippen LogP contribution >= 0.6 is 0 Å². The molecule has 0 fully saturated rings. The minimum absolute atomic E-state index is 0.120. The molecule has 0 radical (unpaired) electrons. The monoisotopic (exact) mass is 113 g/mol. The van der Waals surface area contributed by atoms with E-state index in [1.807, 2.05) is 0 Å². The zero-order valence-corrected chi connectivity index (χ0v) is 4.66. The van der Waals surface area contributed by atoms with Crippen molar-refractivity contribution in [1.82, 2.24) is 0 Å². The van der Waals surface area contributed by atoms with Gasteiger partial charge in [0.25, 0.3) is 0 Å². The number of ether oxygens (including phenoxy) is 1. The van der Waals surface area contributed by atoms with E-state index in [9.17, 15) is 0 Å². The fourth-order valence-electron chi connectivity index (χ4n) is 0.245. The van der Waals surface area contributed by atoms with Crippen molar-refractivity contribution in [3.63, 3.8) is 0 Å². The Morgan fingerprint density at radius 3 is 3.00 bits per heavy atom. The summed E-state index contributed by atoms with van der Waals surface area (Å²) in [4.78, 5) is 2.45. The van der Waals surface area contributed by atoms with Crippen LogP contribution in [-0.4, -0.2) is 6.61 Å². The van der Waals surface area contributed by atoms with Crippen molar-refractivity contribution in [2.24, 2.45) is 5.11 Å². The molecular formula is C4H7N3O.